The molecule has 0 spiro atoms. The lowest BCUT2D eigenvalue weighted by Crippen LogP contribution is -2.35. The predicted octanol–water partition coefficient (Wildman–Crippen LogP) is 1.13. The Kier molecular flexibility index (Phi) is 2.72. The largest absolute Gasteiger partial charge is 0.329 e. The number of pyridine rings is 1. The highest BCUT2D eigenvalue weighted by Gasteiger charge is 2.07. The molecule has 0 fully saturated rings. The molecule has 19 heavy (non-hydrogen) atoms. The number of aromatic amines is 1. The molecule has 3 aromatic rings. The van der Waals surface area contributed by atoms with E-state index >= 15 is 0 Å². The van der Waals surface area contributed by atoms with Gasteiger partial charge in [0, 0.05) is 12.4 Å². The van der Waals surface area contributed by atoms with E-state index in [1.165, 1.54) is 4.57 Å². The lowest BCUT2D eigenvalue weighted by Gasteiger charge is -2.06. The minimum absolute atomic E-state index is 0.238. The number of H-pyrrole nitrogens is 1. The summed E-state index contributed by atoms with van der Waals surface area (Å²) in [5.74, 6) is 0. The van der Waals surface area contributed by atoms with E-state index in [4.69, 9.17) is 0 Å². The van der Waals surface area contributed by atoms with Crippen LogP contribution in [-0.2, 0) is 6.54 Å². The van der Waals surface area contributed by atoms with Crippen LogP contribution in [0.25, 0.3) is 10.9 Å². The first-order valence-electron chi connectivity index (χ1n) is 5.86. The van der Waals surface area contributed by atoms with E-state index in [1.54, 1.807) is 48.8 Å². The van der Waals surface area contributed by atoms with Gasteiger partial charge in [0.15, 0.2) is 0 Å². The summed E-state index contributed by atoms with van der Waals surface area (Å²) in [4.78, 5) is 30.9. The average molecular weight is 253 g/mol. The van der Waals surface area contributed by atoms with Crippen molar-refractivity contribution in [3.63, 3.8) is 0 Å². The topological polar surface area (TPSA) is 67.8 Å². The second-order valence-corrected chi connectivity index (χ2v) is 4.22. The van der Waals surface area contributed by atoms with Gasteiger partial charge in [-0.05, 0) is 29.8 Å². The Balaban J connectivity index is 2.19. The van der Waals surface area contributed by atoms with Crippen LogP contribution >= 0.6 is 0 Å². The second-order valence-electron chi connectivity index (χ2n) is 4.22. The zero-order valence-corrected chi connectivity index (χ0v) is 10.0. The van der Waals surface area contributed by atoms with Crippen LogP contribution in [0, 0.1) is 0 Å². The fourth-order valence-electron chi connectivity index (χ4n) is 2.01. The maximum Gasteiger partial charge on any atom is 0.329 e. The third-order valence-corrected chi connectivity index (χ3v) is 2.98. The Bertz CT molecular complexity index is 834. The molecule has 0 aliphatic rings. The number of fused-ring (bicyclic) bond motifs is 1. The third kappa shape index (κ3) is 2.06. The molecule has 94 valence electrons. The van der Waals surface area contributed by atoms with Gasteiger partial charge in [-0.1, -0.05) is 12.1 Å². The summed E-state index contributed by atoms with van der Waals surface area (Å²) >= 11 is 0. The van der Waals surface area contributed by atoms with Gasteiger partial charge in [0.05, 0.1) is 17.4 Å². The maximum absolute atomic E-state index is 12.3. The number of para-hydroxylation sites is 1. The highest BCUT2D eigenvalue weighted by Crippen LogP contribution is 2.04. The summed E-state index contributed by atoms with van der Waals surface area (Å²) < 4.78 is 1.19. The standard InChI is InChI=1S/C14H11N3O2/c18-13-11-3-1-2-4-12(11)16-14(19)17(13)9-10-5-7-15-8-6-10/h1-8H,9H2,(H,16,19). The number of nitrogens with zero attached hydrogens (tertiary/aromatic N) is 2. The number of hydrogen-bond acceptors (Lipinski definition) is 3. The zero-order valence-electron chi connectivity index (χ0n) is 10.0. The molecule has 0 bridgehead atoms. The van der Waals surface area contributed by atoms with Crippen LogP contribution in [0.3, 0.4) is 0 Å². The number of hydrogen-bond donors (Lipinski definition) is 1. The molecule has 0 saturated heterocycles. The Morgan fingerprint density at radius 1 is 1.05 bits per heavy atom. The molecule has 0 unspecified atom stereocenters. The van der Waals surface area contributed by atoms with Gasteiger partial charge in [-0.25, -0.2) is 4.79 Å². The number of rotatable bonds is 2. The summed E-state index contributed by atoms with van der Waals surface area (Å²) in [5, 5.41) is 0.510. The van der Waals surface area contributed by atoms with Gasteiger partial charge >= 0.3 is 5.69 Å². The van der Waals surface area contributed by atoms with Crippen LogP contribution < -0.4 is 11.2 Å². The molecule has 2 aromatic heterocycles. The van der Waals surface area contributed by atoms with Crippen molar-refractivity contribution in [1.82, 2.24) is 14.5 Å². The van der Waals surface area contributed by atoms with Crippen LogP contribution in [-0.4, -0.2) is 14.5 Å². The Morgan fingerprint density at radius 2 is 1.79 bits per heavy atom. The van der Waals surface area contributed by atoms with Crippen LogP contribution in [0.5, 0.6) is 0 Å². The second kappa shape index (κ2) is 4.53. The fourth-order valence-corrected chi connectivity index (χ4v) is 2.01. The van der Waals surface area contributed by atoms with Gasteiger partial charge in [0.1, 0.15) is 0 Å². The van der Waals surface area contributed by atoms with Gasteiger partial charge in [-0.3, -0.25) is 14.3 Å². The van der Waals surface area contributed by atoms with Gasteiger partial charge < -0.3 is 4.98 Å². The molecule has 1 aromatic carbocycles. The normalized spacial score (nSPS) is 10.7. The van der Waals surface area contributed by atoms with E-state index in [0.717, 1.165) is 5.56 Å². The van der Waals surface area contributed by atoms with Crippen LogP contribution in [0.2, 0.25) is 0 Å². The molecule has 3 rings (SSSR count). The number of nitrogens with one attached hydrogen (secondary N) is 1. The van der Waals surface area contributed by atoms with Crippen molar-refractivity contribution in [3.05, 3.63) is 75.2 Å². The monoisotopic (exact) mass is 253 g/mol. The molecule has 5 heteroatoms. The summed E-state index contributed by atoms with van der Waals surface area (Å²) in [7, 11) is 0. The van der Waals surface area contributed by atoms with Crippen molar-refractivity contribution in [2.75, 3.05) is 0 Å². The molecule has 0 atom stereocenters. The predicted molar refractivity (Wildman–Crippen MR) is 72.2 cm³/mol. The maximum atomic E-state index is 12.3. The molecule has 0 saturated carbocycles. The zero-order chi connectivity index (χ0) is 13.2. The fraction of sp³-hybridized carbons (Fsp3) is 0.0714. The molecule has 5 nitrogen and oxygen atoms in total. The van der Waals surface area contributed by atoms with Crippen LogP contribution in [0.4, 0.5) is 0 Å². The van der Waals surface area contributed by atoms with Crippen LogP contribution in [0.15, 0.2) is 58.4 Å². The molecular formula is C14H11N3O2. The van der Waals surface area contributed by atoms with E-state index < -0.39 is 5.69 Å². The first kappa shape index (κ1) is 11.4. The van der Waals surface area contributed by atoms with Gasteiger partial charge in [0.25, 0.3) is 5.56 Å². The Hall–Kier alpha value is -2.69. The highest BCUT2D eigenvalue weighted by atomic mass is 16.2. The molecule has 1 N–H and O–H groups in total. The van der Waals surface area contributed by atoms with Crippen molar-refractivity contribution in [2.45, 2.75) is 6.54 Å². The minimum Gasteiger partial charge on any atom is -0.307 e. The average Bonchev–Trinajstić information content (AvgIpc) is 2.45. The first-order chi connectivity index (χ1) is 9.25. The van der Waals surface area contributed by atoms with Crippen molar-refractivity contribution in [2.24, 2.45) is 0 Å². The summed E-state index contributed by atoms with van der Waals surface area (Å²) in [6, 6.07) is 10.5. The minimum atomic E-state index is -0.402. The van der Waals surface area contributed by atoms with Crippen molar-refractivity contribution >= 4 is 10.9 Å². The van der Waals surface area contributed by atoms with E-state index in [-0.39, 0.29) is 12.1 Å². The smallest absolute Gasteiger partial charge is 0.307 e. The van der Waals surface area contributed by atoms with Crippen molar-refractivity contribution < 1.29 is 0 Å². The van der Waals surface area contributed by atoms with Crippen molar-refractivity contribution in [1.29, 1.82) is 0 Å². The summed E-state index contributed by atoms with van der Waals surface area (Å²) in [6.07, 6.45) is 3.27. The quantitative estimate of drug-likeness (QED) is 0.744. The molecule has 0 radical (unpaired) electrons. The van der Waals surface area contributed by atoms with Crippen LogP contribution in [0.1, 0.15) is 5.56 Å². The third-order valence-electron chi connectivity index (χ3n) is 2.98. The number of aromatic nitrogens is 3. The lowest BCUT2D eigenvalue weighted by atomic mass is 10.2. The molecular weight excluding hydrogens is 242 g/mol. The Labute approximate surface area is 108 Å². The summed E-state index contributed by atoms with van der Waals surface area (Å²) in [6.45, 7) is 0.238. The molecule has 0 aliphatic carbocycles. The SMILES string of the molecule is O=c1[nH]c2ccccc2c(=O)n1Cc1ccncc1. The number of benzene rings is 1. The molecule has 0 amide bonds. The highest BCUT2D eigenvalue weighted by molar-refractivity contribution is 5.76. The van der Waals surface area contributed by atoms with E-state index in [1.807, 2.05) is 0 Å². The Morgan fingerprint density at radius 3 is 2.58 bits per heavy atom. The lowest BCUT2D eigenvalue weighted by molar-refractivity contribution is 0.711. The van der Waals surface area contributed by atoms with Gasteiger partial charge in [0.2, 0.25) is 0 Å². The van der Waals surface area contributed by atoms with E-state index in [9.17, 15) is 9.59 Å². The molecule has 0 aliphatic heterocycles. The van der Waals surface area contributed by atoms with Gasteiger partial charge in [-0.15, -0.1) is 0 Å². The summed E-state index contributed by atoms with van der Waals surface area (Å²) in [5.41, 5.74) is 0.734. The first-order valence-corrected chi connectivity index (χ1v) is 5.86. The van der Waals surface area contributed by atoms with E-state index in [2.05, 4.69) is 9.97 Å². The van der Waals surface area contributed by atoms with Gasteiger partial charge in [-0.2, -0.15) is 0 Å². The molecule has 2 heterocycles. The van der Waals surface area contributed by atoms with E-state index in [0.29, 0.717) is 10.9 Å². The van der Waals surface area contributed by atoms with Crippen molar-refractivity contribution in [3.8, 4) is 0 Å².